The van der Waals surface area contributed by atoms with Crippen molar-refractivity contribution in [3.05, 3.63) is 115 Å². The molecule has 0 spiro atoms. The normalized spacial score (nSPS) is 12.4. The lowest BCUT2D eigenvalue weighted by Crippen LogP contribution is -2.20. The third-order valence-electron chi connectivity index (χ3n) is 4.28. The number of benzene rings is 3. The highest BCUT2D eigenvalue weighted by Gasteiger charge is 2.21. The second-order valence-electron chi connectivity index (χ2n) is 6.04. The molecule has 1 heteroatoms. The van der Waals surface area contributed by atoms with Gasteiger partial charge in [-0.3, -0.25) is 0 Å². The second kappa shape index (κ2) is 8.60. The molecule has 0 saturated heterocycles. The monoisotopic (exact) mass is 342 g/mol. The molecule has 0 aliphatic rings. The highest BCUT2D eigenvalue weighted by molar-refractivity contribution is 7.73. The number of hydrogen-bond donors (Lipinski definition) is 0. The summed E-state index contributed by atoms with van der Waals surface area (Å²) in [5.74, 6) is 0. The number of hydrogen-bond acceptors (Lipinski definition) is 0. The van der Waals surface area contributed by atoms with Gasteiger partial charge in [0.25, 0.3) is 0 Å². The lowest BCUT2D eigenvalue weighted by atomic mass is 10.1. The van der Waals surface area contributed by atoms with Crippen molar-refractivity contribution in [3.8, 4) is 0 Å². The minimum atomic E-state index is -0.483. The van der Waals surface area contributed by atoms with Crippen molar-refractivity contribution in [2.24, 2.45) is 0 Å². The average Bonchev–Trinajstić information content (AvgIpc) is 2.69. The Kier molecular flexibility index (Phi) is 5.99. The average molecular weight is 342 g/mol. The van der Waals surface area contributed by atoms with Crippen LogP contribution in [0.25, 0.3) is 6.08 Å². The molecular formula is C24H23P. The Hall–Kier alpha value is -2.43. The molecule has 0 bridgehead atoms. The van der Waals surface area contributed by atoms with Crippen LogP contribution >= 0.6 is 7.92 Å². The zero-order chi connectivity index (χ0) is 17.5. The molecule has 25 heavy (non-hydrogen) atoms. The number of allylic oxidation sites excluding steroid dienone is 2. The minimum absolute atomic E-state index is 0.375. The molecule has 1 unspecified atom stereocenters. The quantitative estimate of drug-likeness (QED) is 0.394. The van der Waals surface area contributed by atoms with Crippen LogP contribution in [0.15, 0.2) is 109 Å². The van der Waals surface area contributed by atoms with Crippen molar-refractivity contribution >= 4 is 24.6 Å². The number of rotatable bonds is 6. The Bertz CT molecular complexity index is 780. The van der Waals surface area contributed by atoms with E-state index in [2.05, 4.69) is 111 Å². The summed E-state index contributed by atoms with van der Waals surface area (Å²) in [6.45, 7) is 6.67. The van der Waals surface area contributed by atoms with Crippen LogP contribution in [0.3, 0.4) is 0 Å². The molecule has 0 nitrogen and oxygen atoms in total. The van der Waals surface area contributed by atoms with Crippen LogP contribution in [0.1, 0.15) is 12.5 Å². The minimum Gasteiger partial charge on any atom is -0.0952 e. The smallest absolute Gasteiger partial charge is 0.00878 e. The van der Waals surface area contributed by atoms with Crippen LogP contribution in [0.4, 0.5) is 0 Å². The molecule has 0 fully saturated rings. The van der Waals surface area contributed by atoms with Gasteiger partial charge >= 0.3 is 0 Å². The summed E-state index contributed by atoms with van der Waals surface area (Å²) in [6, 6.07) is 32.0. The molecule has 0 aromatic heterocycles. The third kappa shape index (κ3) is 4.56. The largest absolute Gasteiger partial charge is 0.0952 e. The van der Waals surface area contributed by atoms with Crippen molar-refractivity contribution in [2.75, 3.05) is 0 Å². The Balaban J connectivity index is 1.88. The van der Waals surface area contributed by atoms with E-state index in [1.165, 1.54) is 21.7 Å². The second-order valence-corrected chi connectivity index (χ2v) is 8.58. The molecule has 0 aliphatic carbocycles. The van der Waals surface area contributed by atoms with Gasteiger partial charge in [0.2, 0.25) is 0 Å². The van der Waals surface area contributed by atoms with Gasteiger partial charge in [-0.05, 0) is 29.7 Å². The maximum atomic E-state index is 4.37. The zero-order valence-corrected chi connectivity index (χ0v) is 15.4. The fourth-order valence-electron chi connectivity index (χ4n) is 2.85. The van der Waals surface area contributed by atoms with E-state index < -0.39 is 7.92 Å². The van der Waals surface area contributed by atoms with Gasteiger partial charge in [0.05, 0.1) is 0 Å². The lowest BCUT2D eigenvalue weighted by molar-refractivity contribution is 1.17. The topological polar surface area (TPSA) is 0 Å². The summed E-state index contributed by atoms with van der Waals surface area (Å²) in [6.07, 6.45) is 4.32. The fraction of sp³-hybridized carbons (Fsp3) is 0.0833. The summed E-state index contributed by atoms with van der Waals surface area (Å²) >= 11 is 0. The standard InChI is InChI=1S/C24H23P/c1-20(18-19-22-12-6-3-7-13-22)21(2)25(23-14-8-4-9-15-23)24-16-10-5-11-17-24/h3-19,21H,1H2,2H3. The molecule has 3 rings (SSSR count). The maximum absolute atomic E-state index is 4.37. The van der Waals surface area contributed by atoms with E-state index in [1.807, 2.05) is 6.07 Å². The van der Waals surface area contributed by atoms with E-state index >= 15 is 0 Å². The van der Waals surface area contributed by atoms with Gasteiger partial charge in [-0.25, -0.2) is 0 Å². The van der Waals surface area contributed by atoms with E-state index in [4.69, 9.17) is 0 Å². The SMILES string of the molecule is C=C(C=Cc1ccccc1)C(C)P(c1ccccc1)c1ccccc1. The van der Waals surface area contributed by atoms with Gasteiger partial charge in [-0.1, -0.05) is 117 Å². The van der Waals surface area contributed by atoms with Gasteiger partial charge in [0, 0.05) is 5.66 Å². The third-order valence-corrected chi connectivity index (χ3v) is 7.10. The van der Waals surface area contributed by atoms with Crippen LogP contribution in [0, 0.1) is 0 Å². The first-order chi connectivity index (χ1) is 12.3. The molecule has 124 valence electrons. The van der Waals surface area contributed by atoms with Gasteiger partial charge < -0.3 is 0 Å². The van der Waals surface area contributed by atoms with Crippen molar-refractivity contribution in [1.29, 1.82) is 0 Å². The van der Waals surface area contributed by atoms with Crippen LogP contribution in [-0.4, -0.2) is 5.66 Å². The van der Waals surface area contributed by atoms with Gasteiger partial charge in [-0.15, -0.1) is 0 Å². The molecule has 3 aromatic rings. The van der Waals surface area contributed by atoms with E-state index in [9.17, 15) is 0 Å². The first-order valence-electron chi connectivity index (χ1n) is 8.57. The van der Waals surface area contributed by atoms with Crippen molar-refractivity contribution < 1.29 is 0 Å². The van der Waals surface area contributed by atoms with Crippen LogP contribution < -0.4 is 10.6 Å². The molecule has 0 N–H and O–H groups in total. The van der Waals surface area contributed by atoms with E-state index in [0.717, 1.165) is 0 Å². The van der Waals surface area contributed by atoms with Gasteiger partial charge in [0.1, 0.15) is 0 Å². The van der Waals surface area contributed by atoms with Crippen molar-refractivity contribution in [2.45, 2.75) is 12.6 Å². The fourth-order valence-corrected chi connectivity index (χ4v) is 5.44. The predicted molar refractivity (Wildman–Crippen MR) is 113 cm³/mol. The van der Waals surface area contributed by atoms with E-state index in [-0.39, 0.29) is 0 Å². The summed E-state index contributed by atoms with van der Waals surface area (Å²) in [5, 5.41) is 2.79. The van der Waals surface area contributed by atoms with Gasteiger partial charge in [-0.2, -0.15) is 0 Å². The first-order valence-corrected chi connectivity index (χ1v) is 9.98. The molecule has 0 aliphatic heterocycles. The Morgan fingerprint density at radius 3 is 1.68 bits per heavy atom. The summed E-state index contributed by atoms with van der Waals surface area (Å²) < 4.78 is 0. The predicted octanol–water partition coefficient (Wildman–Crippen LogP) is 5.78. The highest BCUT2D eigenvalue weighted by atomic mass is 31.1. The van der Waals surface area contributed by atoms with E-state index in [0.29, 0.717) is 5.66 Å². The maximum Gasteiger partial charge on any atom is 0.00878 e. The summed E-state index contributed by atoms with van der Waals surface area (Å²) in [4.78, 5) is 0. The van der Waals surface area contributed by atoms with E-state index in [1.54, 1.807) is 0 Å². The summed E-state index contributed by atoms with van der Waals surface area (Å²) in [7, 11) is -0.483. The Labute approximate surface area is 152 Å². The van der Waals surface area contributed by atoms with Gasteiger partial charge in [0.15, 0.2) is 0 Å². The van der Waals surface area contributed by atoms with Crippen LogP contribution in [0.5, 0.6) is 0 Å². The summed E-state index contributed by atoms with van der Waals surface area (Å²) in [5.41, 5.74) is 2.75. The zero-order valence-electron chi connectivity index (χ0n) is 14.5. The molecule has 0 radical (unpaired) electrons. The van der Waals surface area contributed by atoms with Crippen molar-refractivity contribution in [3.63, 3.8) is 0 Å². The van der Waals surface area contributed by atoms with Crippen LogP contribution in [-0.2, 0) is 0 Å². The van der Waals surface area contributed by atoms with Crippen molar-refractivity contribution in [1.82, 2.24) is 0 Å². The molecular weight excluding hydrogens is 319 g/mol. The molecule has 3 aromatic carbocycles. The molecule has 0 heterocycles. The molecule has 1 atom stereocenters. The first kappa shape index (κ1) is 17.4. The Morgan fingerprint density at radius 2 is 1.20 bits per heavy atom. The molecule has 0 saturated carbocycles. The highest BCUT2D eigenvalue weighted by Crippen LogP contribution is 2.42. The lowest BCUT2D eigenvalue weighted by Gasteiger charge is -2.26. The molecule has 0 amide bonds. The van der Waals surface area contributed by atoms with Crippen LogP contribution in [0.2, 0.25) is 0 Å². The Morgan fingerprint density at radius 1 is 0.760 bits per heavy atom.